The van der Waals surface area contributed by atoms with Crippen molar-refractivity contribution in [1.29, 1.82) is 0 Å². The molecule has 1 aromatic carbocycles. The highest BCUT2D eigenvalue weighted by molar-refractivity contribution is 7.90. The lowest BCUT2D eigenvalue weighted by molar-refractivity contribution is -0.115. The molecule has 1 amide bonds. The molecule has 1 unspecified atom stereocenters. The van der Waals surface area contributed by atoms with Crippen LogP contribution in [0.25, 0.3) is 0 Å². The van der Waals surface area contributed by atoms with Gasteiger partial charge in [-0.15, -0.1) is 0 Å². The molecule has 6 rings (SSSR count). The van der Waals surface area contributed by atoms with Gasteiger partial charge in [-0.1, -0.05) is 50.6 Å². The number of sulfonamides is 1. The molecule has 9 heteroatoms. The minimum absolute atomic E-state index is 0.132. The minimum atomic E-state index is -3.98. The van der Waals surface area contributed by atoms with Gasteiger partial charge in [0.1, 0.15) is 5.76 Å². The number of ether oxygens (including phenoxy) is 1. The molecule has 2 fully saturated rings. The van der Waals surface area contributed by atoms with Crippen molar-refractivity contribution in [2.45, 2.75) is 82.2 Å². The number of fused-ring (bicyclic) bond motifs is 7. The number of hydrogen-bond donors (Lipinski definition) is 2. The van der Waals surface area contributed by atoms with Crippen LogP contribution in [-0.2, 0) is 31.4 Å². The van der Waals surface area contributed by atoms with Gasteiger partial charge >= 0.3 is 0 Å². The summed E-state index contributed by atoms with van der Waals surface area (Å²) in [6.07, 6.45) is 15.6. The average Bonchev–Trinajstić information content (AvgIpc) is 3.69. The predicted octanol–water partition coefficient (Wildman–Crippen LogP) is 5.41. The number of aryl methyl sites for hydroxylation is 1. The van der Waals surface area contributed by atoms with Crippen LogP contribution in [0.2, 0.25) is 5.02 Å². The number of hydrogen-bond acceptors (Lipinski definition) is 6. The van der Waals surface area contributed by atoms with Crippen molar-refractivity contribution in [3.63, 3.8) is 0 Å². The Bertz CT molecular complexity index is 1500. The van der Waals surface area contributed by atoms with Crippen LogP contribution < -0.4 is 4.72 Å². The monoisotopic (exact) mass is 626 g/mol. The van der Waals surface area contributed by atoms with Gasteiger partial charge in [-0.05, 0) is 110 Å². The maximum absolute atomic E-state index is 13.6. The summed E-state index contributed by atoms with van der Waals surface area (Å²) in [6.45, 7) is 7.02. The van der Waals surface area contributed by atoms with Crippen LogP contribution in [0.1, 0.15) is 64.0 Å². The van der Waals surface area contributed by atoms with E-state index < -0.39 is 27.3 Å². The van der Waals surface area contributed by atoms with Gasteiger partial charge in [-0.2, -0.15) is 0 Å². The first kappa shape index (κ1) is 30.5. The Labute approximate surface area is 260 Å². The van der Waals surface area contributed by atoms with Crippen LogP contribution in [-0.4, -0.2) is 54.9 Å². The fraction of sp³-hybridized carbons (Fsp3) is 0.559. The molecule has 1 saturated carbocycles. The Morgan fingerprint density at radius 2 is 2.02 bits per heavy atom. The highest BCUT2D eigenvalue weighted by atomic mass is 35.5. The predicted molar refractivity (Wildman–Crippen MR) is 169 cm³/mol. The molecule has 7 atom stereocenters. The van der Waals surface area contributed by atoms with Gasteiger partial charge in [0.15, 0.2) is 6.10 Å². The van der Waals surface area contributed by atoms with E-state index in [1.807, 2.05) is 51.3 Å². The summed E-state index contributed by atoms with van der Waals surface area (Å²) in [4.78, 5) is 15.8. The number of nitrogens with zero attached hydrogens (tertiary/aromatic N) is 1. The highest BCUT2D eigenvalue weighted by Gasteiger charge is 2.55. The smallest absolute Gasteiger partial charge is 0.264 e. The molecule has 5 aliphatic rings. The molecule has 43 heavy (non-hydrogen) atoms. The van der Waals surface area contributed by atoms with Gasteiger partial charge in [0, 0.05) is 23.7 Å². The third-order valence-corrected chi connectivity index (χ3v) is 12.7. The number of carbonyl (C=O) groups excluding carboxylic acids is 1. The van der Waals surface area contributed by atoms with E-state index >= 15 is 0 Å². The standard InChI is InChI=1S/C34H43ClN2O5S/c1-21(2)31-22(3)6-4-8-29(38)27-12-9-25(27)19-37-17-15-23(33(39)36-43(31,40)41)10-14-30-32(42-30)34(20-37)16-5-7-24-18-26(35)11-13-28(24)34/h4,8,10-11,13-15,17-18,21-22,25,27,29,31-32,38H,5-7,9,12,16,19-20H2,1-3H3,(H,36,39)/b8-4-,17-15-,23-10+,30-14+/t22-,25+,27-,29+,31+,32?,34-/m1/s1. The zero-order chi connectivity index (χ0) is 30.5. The highest BCUT2D eigenvalue weighted by Crippen LogP contribution is 2.52. The molecule has 0 radical (unpaired) electrons. The second kappa shape index (κ2) is 11.8. The summed E-state index contributed by atoms with van der Waals surface area (Å²) >= 11 is 6.41. The Hall–Kier alpha value is -2.55. The number of carbonyl (C=O) groups is 1. The number of epoxide rings is 1. The number of rotatable bonds is 1. The van der Waals surface area contributed by atoms with Gasteiger partial charge < -0.3 is 14.7 Å². The lowest BCUT2D eigenvalue weighted by atomic mass is 9.66. The molecule has 2 N–H and O–H groups in total. The first-order valence-corrected chi connectivity index (χ1v) is 17.6. The number of aliphatic hydroxyl groups is 1. The first-order chi connectivity index (χ1) is 20.5. The number of allylic oxidation sites excluding steroid dienone is 3. The zero-order valence-electron chi connectivity index (χ0n) is 25.2. The van der Waals surface area contributed by atoms with E-state index in [-0.39, 0.29) is 34.8 Å². The van der Waals surface area contributed by atoms with E-state index in [4.69, 9.17) is 16.3 Å². The number of benzene rings is 1. The van der Waals surface area contributed by atoms with Gasteiger partial charge in [-0.25, -0.2) is 13.1 Å². The van der Waals surface area contributed by atoms with Crippen LogP contribution in [0.15, 0.2) is 66.1 Å². The Kier molecular flexibility index (Phi) is 8.33. The number of nitrogens with one attached hydrogen (secondary N) is 1. The molecule has 0 aromatic heterocycles. The molecule has 2 aliphatic carbocycles. The lowest BCUT2D eigenvalue weighted by Gasteiger charge is -2.45. The molecule has 2 bridgehead atoms. The number of amides is 1. The van der Waals surface area contributed by atoms with E-state index in [2.05, 4.69) is 21.8 Å². The van der Waals surface area contributed by atoms with Crippen LogP contribution >= 0.6 is 11.6 Å². The molecule has 1 spiro atoms. The van der Waals surface area contributed by atoms with Crippen LogP contribution in [0.3, 0.4) is 0 Å². The minimum Gasteiger partial charge on any atom is -0.482 e. The van der Waals surface area contributed by atoms with Crippen LogP contribution in [0, 0.1) is 23.7 Å². The van der Waals surface area contributed by atoms with Crippen LogP contribution in [0.4, 0.5) is 0 Å². The summed E-state index contributed by atoms with van der Waals surface area (Å²) in [5, 5.41) is 11.1. The molecule has 3 aliphatic heterocycles. The normalized spacial score (nSPS) is 39.4. The maximum Gasteiger partial charge on any atom is 0.264 e. The van der Waals surface area contributed by atoms with Crippen molar-refractivity contribution in [3.8, 4) is 0 Å². The Morgan fingerprint density at radius 3 is 2.77 bits per heavy atom. The van der Waals surface area contributed by atoms with Crippen molar-refractivity contribution in [2.24, 2.45) is 23.7 Å². The number of halogens is 1. The van der Waals surface area contributed by atoms with E-state index in [0.29, 0.717) is 18.9 Å². The fourth-order valence-corrected chi connectivity index (χ4v) is 10.2. The SMILES string of the molecule is CC(C)[C@H]1[C@H](C)C/C=C\[C@H](O)[C@@H]2CC[C@H]2CN2\C=C/C(=C\C=C3\OC3[C@]3(CCCc4cc(Cl)ccc43)C2)C(=O)NS1(=O)=O. The van der Waals surface area contributed by atoms with Crippen molar-refractivity contribution in [1.82, 2.24) is 9.62 Å². The van der Waals surface area contributed by atoms with Gasteiger partial charge in [0.05, 0.1) is 16.8 Å². The average molecular weight is 627 g/mol. The second-order valence-electron chi connectivity index (χ2n) is 13.6. The van der Waals surface area contributed by atoms with E-state index in [1.165, 1.54) is 11.1 Å². The molecular formula is C34H43ClN2O5S. The zero-order valence-corrected chi connectivity index (χ0v) is 26.8. The first-order valence-electron chi connectivity index (χ1n) is 15.7. The molecule has 1 saturated heterocycles. The third kappa shape index (κ3) is 5.95. The van der Waals surface area contributed by atoms with Gasteiger partial charge in [0.2, 0.25) is 10.0 Å². The summed E-state index contributed by atoms with van der Waals surface area (Å²) in [5.74, 6) is 0.141. The lowest BCUT2D eigenvalue weighted by Crippen LogP contribution is -2.49. The van der Waals surface area contributed by atoms with Crippen molar-refractivity contribution < 1.29 is 23.1 Å². The largest absolute Gasteiger partial charge is 0.482 e. The fourth-order valence-electron chi connectivity index (χ4n) is 8.08. The van der Waals surface area contributed by atoms with Crippen molar-refractivity contribution in [3.05, 3.63) is 82.3 Å². The molecule has 232 valence electrons. The Morgan fingerprint density at radius 1 is 1.21 bits per heavy atom. The molecule has 3 heterocycles. The van der Waals surface area contributed by atoms with Crippen LogP contribution in [0.5, 0.6) is 0 Å². The van der Waals surface area contributed by atoms with E-state index in [0.717, 1.165) is 49.4 Å². The van der Waals surface area contributed by atoms with E-state index in [9.17, 15) is 18.3 Å². The molecular weight excluding hydrogens is 584 g/mol. The molecule has 1 aromatic rings. The van der Waals surface area contributed by atoms with Crippen molar-refractivity contribution >= 4 is 27.5 Å². The quantitative estimate of drug-likeness (QED) is 0.320. The number of aliphatic hydroxyl groups excluding tert-OH is 1. The summed E-state index contributed by atoms with van der Waals surface area (Å²) in [6, 6.07) is 6.18. The van der Waals surface area contributed by atoms with Gasteiger partial charge in [0.25, 0.3) is 5.91 Å². The summed E-state index contributed by atoms with van der Waals surface area (Å²) < 4.78 is 35.8. The summed E-state index contributed by atoms with van der Waals surface area (Å²) in [7, 11) is -3.98. The molecule has 7 nitrogen and oxygen atoms in total. The summed E-state index contributed by atoms with van der Waals surface area (Å²) in [5.41, 5.74) is 2.48. The Balaban J connectivity index is 1.42. The van der Waals surface area contributed by atoms with Gasteiger partial charge in [-0.3, -0.25) is 4.79 Å². The van der Waals surface area contributed by atoms with E-state index in [1.54, 1.807) is 12.2 Å². The maximum atomic E-state index is 13.6. The topological polar surface area (TPSA) is 99.2 Å². The third-order valence-electron chi connectivity index (χ3n) is 10.3. The second-order valence-corrected chi connectivity index (χ2v) is 15.8. The van der Waals surface area contributed by atoms with Crippen molar-refractivity contribution in [2.75, 3.05) is 13.1 Å².